The second kappa shape index (κ2) is 5.84. The summed E-state index contributed by atoms with van der Waals surface area (Å²) in [6, 6.07) is 5.73. The summed E-state index contributed by atoms with van der Waals surface area (Å²) in [5.41, 5.74) is -1.16. The van der Waals surface area contributed by atoms with E-state index in [0.717, 1.165) is 30.3 Å². The highest BCUT2D eigenvalue weighted by atomic mass is 35.5. The van der Waals surface area contributed by atoms with Crippen LogP contribution in [0.5, 0.6) is 0 Å². The van der Waals surface area contributed by atoms with Crippen molar-refractivity contribution in [1.82, 2.24) is 0 Å². The molecule has 1 amide bonds. The first-order valence-corrected chi connectivity index (χ1v) is 6.22. The Morgan fingerprint density at radius 1 is 1.14 bits per heavy atom. The van der Waals surface area contributed by atoms with E-state index in [1.165, 1.54) is 6.07 Å². The van der Waals surface area contributed by atoms with Gasteiger partial charge in [-0.25, -0.2) is 9.18 Å². The van der Waals surface area contributed by atoms with Crippen molar-refractivity contribution in [2.45, 2.75) is 6.18 Å². The van der Waals surface area contributed by atoms with E-state index < -0.39 is 23.7 Å². The Hall–Kier alpha value is -2.28. The molecule has 116 valence electrons. The SMILES string of the molecule is O=C(O)Nc1ccc(F)cc1-c1cc(Cl)cc(C(F)(F)F)c1. The minimum Gasteiger partial charge on any atom is -0.465 e. The molecule has 0 unspecified atom stereocenters. The van der Waals surface area contributed by atoms with Gasteiger partial charge in [-0.15, -0.1) is 0 Å². The van der Waals surface area contributed by atoms with Crippen LogP contribution in [0.15, 0.2) is 36.4 Å². The number of amides is 1. The van der Waals surface area contributed by atoms with Crippen LogP contribution in [0.2, 0.25) is 5.02 Å². The predicted octanol–water partition coefficient (Wildman–Crippen LogP) is 5.25. The van der Waals surface area contributed by atoms with E-state index >= 15 is 0 Å². The van der Waals surface area contributed by atoms with Crippen molar-refractivity contribution in [3.8, 4) is 11.1 Å². The normalized spacial score (nSPS) is 11.3. The van der Waals surface area contributed by atoms with Gasteiger partial charge in [-0.3, -0.25) is 5.32 Å². The van der Waals surface area contributed by atoms with E-state index in [9.17, 15) is 22.4 Å². The molecule has 0 aliphatic carbocycles. The number of rotatable bonds is 2. The zero-order valence-electron chi connectivity index (χ0n) is 10.7. The lowest BCUT2D eigenvalue weighted by atomic mass is 10.0. The Balaban J connectivity index is 2.63. The molecule has 0 saturated carbocycles. The Labute approximate surface area is 127 Å². The fraction of sp³-hybridized carbons (Fsp3) is 0.0714. The van der Waals surface area contributed by atoms with Crippen molar-refractivity contribution in [3.63, 3.8) is 0 Å². The zero-order chi connectivity index (χ0) is 16.5. The lowest BCUT2D eigenvalue weighted by Crippen LogP contribution is -2.09. The monoisotopic (exact) mass is 333 g/mol. The van der Waals surface area contributed by atoms with Gasteiger partial charge in [-0.1, -0.05) is 11.6 Å². The molecule has 0 aliphatic heterocycles. The van der Waals surface area contributed by atoms with E-state index in [-0.39, 0.29) is 21.8 Å². The summed E-state index contributed by atoms with van der Waals surface area (Å²) in [5, 5.41) is 10.5. The van der Waals surface area contributed by atoms with Gasteiger partial charge in [-0.2, -0.15) is 13.2 Å². The minimum atomic E-state index is -4.63. The summed E-state index contributed by atoms with van der Waals surface area (Å²) in [6.07, 6.45) is -6.06. The average molecular weight is 334 g/mol. The van der Waals surface area contributed by atoms with Crippen LogP contribution in [0, 0.1) is 5.82 Å². The maximum Gasteiger partial charge on any atom is 0.416 e. The molecule has 3 nitrogen and oxygen atoms in total. The fourth-order valence-corrected chi connectivity index (χ4v) is 2.12. The third-order valence-electron chi connectivity index (χ3n) is 2.76. The summed E-state index contributed by atoms with van der Waals surface area (Å²) in [4.78, 5) is 10.7. The maximum atomic E-state index is 13.4. The van der Waals surface area contributed by atoms with Crippen molar-refractivity contribution < 1.29 is 27.5 Å². The van der Waals surface area contributed by atoms with Crippen LogP contribution in [0.1, 0.15) is 5.56 Å². The first-order valence-electron chi connectivity index (χ1n) is 5.84. The Kier molecular flexibility index (Phi) is 4.27. The smallest absolute Gasteiger partial charge is 0.416 e. The lowest BCUT2D eigenvalue weighted by molar-refractivity contribution is -0.137. The highest BCUT2D eigenvalue weighted by molar-refractivity contribution is 6.31. The van der Waals surface area contributed by atoms with Crippen molar-refractivity contribution in [1.29, 1.82) is 0 Å². The van der Waals surface area contributed by atoms with Gasteiger partial charge >= 0.3 is 12.3 Å². The number of carboxylic acid groups (broad SMARTS) is 1. The molecule has 0 radical (unpaired) electrons. The molecule has 2 N–H and O–H groups in total. The van der Waals surface area contributed by atoms with Gasteiger partial charge in [0.2, 0.25) is 0 Å². The standard InChI is InChI=1S/C14H8ClF4NO2/c15-9-4-7(3-8(5-9)14(17,18)19)11-6-10(16)1-2-12(11)20-13(21)22/h1-6,20H,(H,21,22). The van der Waals surface area contributed by atoms with Crippen LogP contribution in [0.4, 0.5) is 28.0 Å². The van der Waals surface area contributed by atoms with Gasteiger partial charge in [0.15, 0.2) is 0 Å². The summed E-state index contributed by atoms with van der Waals surface area (Å²) in [7, 11) is 0. The van der Waals surface area contributed by atoms with E-state index in [4.69, 9.17) is 16.7 Å². The quantitative estimate of drug-likeness (QED) is 0.737. The highest BCUT2D eigenvalue weighted by Crippen LogP contribution is 2.37. The number of benzene rings is 2. The third kappa shape index (κ3) is 3.67. The molecule has 8 heteroatoms. The molecule has 0 aliphatic rings. The molecular weight excluding hydrogens is 326 g/mol. The van der Waals surface area contributed by atoms with Crippen LogP contribution >= 0.6 is 11.6 Å². The molecule has 0 atom stereocenters. The predicted molar refractivity (Wildman–Crippen MR) is 73.5 cm³/mol. The largest absolute Gasteiger partial charge is 0.465 e. The van der Waals surface area contributed by atoms with E-state index in [1.54, 1.807) is 0 Å². The number of halogens is 5. The molecule has 0 spiro atoms. The second-order valence-electron chi connectivity index (χ2n) is 4.35. The van der Waals surface area contributed by atoms with Gasteiger partial charge < -0.3 is 5.11 Å². The molecule has 2 rings (SSSR count). The summed E-state index contributed by atoms with van der Waals surface area (Å²) < 4.78 is 51.8. The van der Waals surface area contributed by atoms with Crippen molar-refractivity contribution in [2.75, 3.05) is 5.32 Å². The minimum absolute atomic E-state index is 0.0459. The number of anilines is 1. The molecule has 0 aromatic heterocycles. The number of nitrogens with one attached hydrogen (secondary N) is 1. The first kappa shape index (κ1) is 16.1. The van der Waals surface area contributed by atoms with E-state index in [2.05, 4.69) is 0 Å². The van der Waals surface area contributed by atoms with Gasteiger partial charge in [-0.05, 0) is 42.0 Å². The fourth-order valence-electron chi connectivity index (χ4n) is 1.89. The zero-order valence-corrected chi connectivity index (χ0v) is 11.5. The van der Waals surface area contributed by atoms with Crippen LogP contribution in [0.25, 0.3) is 11.1 Å². The Morgan fingerprint density at radius 2 is 1.82 bits per heavy atom. The van der Waals surface area contributed by atoms with Crippen molar-refractivity contribution in [3.05, 3.63) is 52.8 Å². The van der Waals surface area contributed by atoms with Crippen molar-refractivity contribution >= 4 is 23.4 Å². The van der Waals surface area contributed by atoms with Gasteiger partial charge in [0, 0.05) is 10.6 Å². The molecule has 2 aromatic rings. The molecular formula is C14H8ClF4NO2. The maximum absolute atomic E-state index is 13.4. The first-order chi connectivity index (χ1) is 10.2. The average Bonchev–Trinajstić information content (AvgIpc) is 2.38. The van der Waals surface area contributed by atoms with Crippen LogP contribution in [-0.2, 0) is 6.18 Å². The number of alkyl halides is 3. The van der Waals surface area contributed by atoms with Gasteiger partial charge in [0.25, 0.3) is 0 Å². The van der Waals surface area contributed by atoms with Crippen LogP contribution < -0.4 is 5.32 Å². The number of hydrogen-bond acceptors (Lipinski definition) is 1. The summed E-state index contributed by atoms with van der Waals surface area (Å²) in [5.74, 6) is -0.723. The molecule has 0 bridgehead atoms. The molecule has 0 heterocycles. The van der Waals surface area contributed by atoms with E-state index in [1.807, 2.05) is 5.32 Å². The highest BCUT2D eigenvalue weighted by Gasteiger charge is 2.31. The topological polar surface area (TPSA) is 49.3 Å². The third-order valence-corrected chi connectivity index (χ3v) is 2.98. The molecule has 0 saturated heterocycles. The van der Waals surface area contributed by atoms with Crippen molar-refractivity contribution in [2.24, 2.45) is 0 Å². The second-order valence-corrected chi connectivity index (χ2v) is 4.78. The Morgan fingerprint density at radius 3 is 2.41 bits per heavy atom. The van der Waals surface area contributed by atoms with Gasteiger partial charge in [0.1, 0.15) is 5.82 Å². The summed E-state index contributed by atoms with van der Waals surface area (Å²) in [6.45, 7) is 0. The Bertz CT molecular complexity index is 731. The number of hydrogen-bond donors (Lipinski definition) is 2. The van der Waals surface area contributed by atoms with Crippen LogP contribution in [-0.4, -0.2) is 11.2 Å². The van der Waals surface area contributed by atoms with Crippen LogP contribution in [0.3, 0.4) is 0 Å². The molecule has 22 heavy (non-hydrogen) atoms. The lowest BCUT2D eigenvalue weighted by Gasteiger charge is -2.13. The molecule has 2 aromatic carbocycles. The summed E-state index contributed by atoms with van der Waals surface area (Å²) >= 11 is 5.67. The van der Waals surface area contributed by atoms with E-state index in [0.29, 0.717) is 0 Å². The van der Waals surface area contributed by atoms with Gasteiger partial charge in [0.05, 0.1) is 11.3 Å². The molecule has 0 fully saturated rings. The number of carbonyl (C=O) groups is 1.